The molecule has 4 heteroatoms. The quantitative estimate of drug-likeness (QED) is 0.644. The van der Waals surface area contributed by atoms with Gasteiger partial charge in [-0.15, -0.1) is 0 Å². The Bertz CT molecular complexity index is 243. The van der Waals surface area contributed by atoms with Crippen LogP contribution in [0.15, 0.2) is 0 Å². The molecule has 1 aliphatic rings. The molecule has 0 radical (unpaired) electrons. The highest BCUT2D eigenvalue weighted by atomic mass is 16.5. The number of carboxylic acids is 1. The van der Waals surface area contributed by atoms with E-state index >= 15 is 0 Å². The second-order valence-electron chi connectivity index (χ2n) is 5.62. The molecule has 0 amide bonds. The fourth-order valence-corrected chi connectivity index (χ4v) is 2.22. The molecule has 0 saturated carbocycles. The van der Waals surface area contributed by atoms with Crippen molar-refractivity contribution in [3.05, 3.63) is 0 Å². The molecule has 0 aromatic rings. The maximum atomic E-state index is 10.4. The van der Waals surface area contributed by atoms with Crippen LogP contribution in [0.25, 0.3) is 0 Å². The molecular formula is C14H27NO3. The predicted octanol–water partition coefficient (Wildman–Crippen LogP) is 2.38. The molecule has 1 unspecified atom stereocenters. The summed E-state index contributed by atoms with van der Waals surface area (Å²) >= 11 is 0. The first-order valence-corrected chi connectivity index (χ1v) is 7.13. The number of unbranched alkanes of at least 4 members (excludes halogenated alkanes) is 1. The number of likely N-dealkylation sites (tertiary alicyclic amines) is 1. The number of carbonyl (C=O) groups is 1. The molecule has 1 heterocycles. The highest BCUT2D eigenvalue weighted by Gasteiger charge is 2.22. The van der Waals surface area contributed by atoms with Crippen molar-refractivity contribution in [3.63, 3.8) is 0 Å². The summed E-state index contributed by atoms with van der Waals surface area (Å²) in [4.78, 5) is 12.8. The summed E-state index contributed by atoms with van der Waals surface area (Å²) in [7, 11) is 0. The minimum Gasteiger partial charge on any atom is -0.481 e. The summed E-state index contributed by atoms with van der Waals surface area (Å²) in [5, 5.41) is 8.56. The Morgan fingerprint density at radius 1 is 1.44 bits per heavy atom. The third-order valence-corrected chi connectivity index (χ3v) is 3.39. The molecule has 0 aromatic heterocycles. The summed E-state index contributed by atoms with van der Waals surface area (Å²) in [6, 6.07) is 0. The zero-order valence-electron chi connectivity index (χ0n) is 11.7. The third kappa shape index (κ3) is 6.97. The number of nitrogens with zero attached hydrogens (tertiary/aromatic N) is 1. The largest absolute Gasteiger partial charge is 0.481 e. The summed E-state index contributed by atoms with van der Waals surface area (Å²) in [6.45, 7) is 8.43. The van der Waals surface area contributed by atoms with Crippen LogP contribution in [0.3, 0.4) is 0 Å². The molecule has 18 heavy (non-hydrogen) atoms. The van der Waals surface area contributed by atoms with Gasteiger partial charge in [0, 0.05) is 26.1 Å². The van der Waals surface area contributed by atoms with E-state index in [0.29, 0.717) is 18.4 Å². The van der Waals surface area contributed by atoms with Gasteiger partial charge in [0.05, 0.1) is 6.10 Å². The SMILES string of the molecule is CC(C)CCOC1CCN(CCCCC(=O)O)C1. The molecule has 0 aliphatic carbocycles. The first-order chi connectivity index (χ1) is 8.58. The number of hydrogen-bond acceptors (Lipinski definition) is 3. The van der Waals surface area contributed by atoms with Crippen LogP contribution < -0.4 is 0 Å². The first kappa shape index (κ1) is 15.4. The Hall–Kier alpha value is -0.610. The van der Waals surface area contributed by atoms with Gasteiger partial charge in [0.2, 0.25) is 0 Å². The summed E-state index contributed by atoms with van der Waals surface area (Å²) in [6.07, 6.45) is 4.70. The van der Waals surface area contributed by atoms with E-state index in [1.807, 2.05) is 0 Å². The fraction of sp³-hybridized carbons (Fsp3) is 0.929. The van der Waals surface area contributed by atoms with Crippen molar-refractivity contribution in [1.29, 1.82) is 0 Å². The van der Waals surface area contributed by atoms with Gasteiger partial charge in [-0.3, -0.25) is 4.79 Å². The van der Waals surface area contributed by atoms with Crippen LogP contribution in [0, 0.1) is 5.92 Å². The highest BCUT2D eigenvalue weighted by Crippen LogP contribution is 2.14. The van der Waals surface area contributed by atoms with Gasteiger partial charge < -0.3 is 14.7 Å². The van der Waals surface area contributed by atoms with E-state index in [2.05, 4.69) is 18.7 Å². The Labute approximate surface area is 110 Å². The van der Waals surface area contributed by atoms with Crippen molar-refractivity contribution in [3.8, 4) is 0 Å². The van der Waals surface area contributed by atoms with E-state index in [9.17, 15) is 4.79 Å². The number of hydrogen-bond donors (Lipinski definition) is 1. The second kappa shape index (κ2) is 8.48. The van der Waals surface area contributed by atoms with Gasteiger partial charge >= 0.3 is 5.97 Å². The Kier molecular flexibility index (Phi) is 7.28. The molecule has 1 N–H and O–H groups in total. The molecule has 0 bridgehead atoms. The Morgan fingerprint density at radius 3 is 2.89 bits per heavy atom. The van der Waals surface area contributed by atoms with E-state index < -0.39 is 5.97 Å². The lowest BCUT2D eigenvalue weighted by molar-refractivity contribution is -0.137. The fourth-order valence-electron chi connectivity index (χ4n) is 2.22. The van der Waals surface area contributed by atoms with Crippen LogP contribution in [-0.4, -0.2) is 48.3 Å². The average molecular weight is 257 g/mol. The van der Waals surface area contributed by atoms with Crippen molar-refractivity contribution in [1.82, 2.24) is 4.90 Å². The van der Waals surface area contributed by atoms with Crippen molar-refractivity contribution >= 4 is 5.97 Å². The zero-order chi connectivity index (χ0) is 13.4. The predicted molar refractivity (Wildman–Crippen MR) is 71.7 cm³/mol. The summed E-state index contributed by atoms with van der Waals surface area (Å²) in [5.74, 6) is 0.0184. The number of carboxylic acid groups (broad SMARTS) is 1. The van der Waals surface area contributed by atoms with Crippen LogP contribution in [0.1, 0.15) is 46.0 Å². The number of rotatable bonds is 9. The molecule has 1 atom stereocenters. The van der Waals surface area contributed by atoms with Crippen molar-refractivity contribution in [2.75, 3.05) is 26.2 Å². The molecule has 1 rings (SSSR count). The van der Waals surface area contributed by atoms with Gasteiger partial charge in [0.15, 0.2) is 0 Å². The molecule has 1 fully saturated rings. The van der Waals surface area contributed by atoms with Crippen molar-refractivity contribution in [2.45, 2.75) is 52.1 Å². The van der Waals surface area contributed by atoms with Gasteiger partial charge in [0.25, 0.3) is 0 Å². The lowest BCUT2D eigenvalue weighted by atomic mass is 10.1. The van der Waals surface area contributed by atoms with E-state index in [-0.39, 0.29) is 0 Å². The van der Waals surface area contributed by atoms with Crippen LogP contribution in [0.4, 0.5) is 0 Å². The standard InChI is InChI=1S/C14H27NO3/c1-12(2)7-10-18-13-6-9-15(11-13)8-4-3-5-14(16)17/h12-13H,3-11H2,1-2H3,(H,16,17). The lowest BCUT2D eigenvalue weighted by Gasteiger charge is -2.16. The van der Waals surface area contributed by atoms with E-state index in [4.69, 9.17) is 9.84 Å². The monoisotopic (exact) mass is 257 g/mol. The molecule has 4 nitrogen and oxygen atoms in total. The normalized spacial score (nSPS) is 20.7. The van der Waals surface area contributed by atoms with Gasteiger partial charge in [-0.2, -0.15) is 0 Å². The lowest BCUT2D eigenvalue weighted by Crippen LogP contribution is -2.25. The third-order valence-electron chi connectivity index (χ3n) is 3.39. The maximum Gasteiger partial charge on any atom is 0.303 e. The molecule has 1 aliphatic heterocycles. The second-order valence-corrected chi connectivity index (χ2v) is 5.62. The minimum atomic E-state index is -0.689. The summed E-state index contributed by atoms with van der Waals surface area (Å²) < 4.78 is 5.85. The van der Waals surface area contributed by atoms with Gasteiger partial charge in [0.1, 0.15) is 0 Å². The van der Waals surface area contributed by atoms with Gasteiger partial charge in [-0.1, -0.05) is 13.8 Å². The van der Waals surface area contributed by atoms with E-state index in [1.165, 1.54) is 0 Å². The molecule has 1 saturated heterocycles. The van der Waals surface area contributed by atoms with Crippen LogP contribution in [0.5, 0.6) is 0 Å². The molecule has 106 valence electrons. The summed E-state index contributed by atoms with van der Waals surface area (Å²) in [5.41, 5.74) is 0. The van der Waals surface area contributed by atoms with Crippen molar-refractivity contribution < 1.29 is 14.6 Å². The topological polar surface area (TPSA) is 49.8 Å². The van der Waals surface area contributed by atoms with E-state index in [1.54, 1.807) is 0 Å². The van der Waals surface area contributed by atoms with Gasteiger partial charge in [-0.05, 0) is 38.1 Å². The molecular weight excluding hydrogens is 230 g/mol. The zero-order valence-corrected chi connectivity index (χ0v) is 11.7. The number of aliphatic carboxylic acids is 1. The van der Waals surface area contributed by atoms with Crippen LogP contribution in [-0.2, 0) is 9.53 Å². The first-order valence-electron chi connectivity index (χ1n) is 7.13. The van der Waals surface area contributed by atoms with Gasteiger partial charge in [-0.25, -0.2) is 0 Å². The molecule has 0 spiro atoms. The minimum absolute atomic E-state index is 0.294. The Morgan fingerprint density at radius 2 is 2.22 bits per heavy atom. The Balaban J connectivity index is 2.01. The number of ether oxygens (including phenoxy) is 1. The van der Waals surface area contributed by atoms with Crippen LogP contribution in [0.2, 0.25) is 0 Å². The highest BCUT2D eigenvalue weighted by molar-refractivity contribution is 5.66. The maximum absolute atomic E-state index is 10.4. The smallest absolute Gasteiger partial charge is 0.303 e. The average Bonchev–Trinajstić information content (AvgIpc) is 2.72. The van der Waals surface area contributed by atoms with E-state index in [0.717, 1.165) is 51.9 Å². The van der Waals surface area contributed by atoms with Crippen LogP contribution >= 0.6 is 0 Å². The van der Waals surface area contributed by atoms with Crippen molar-refractivity contribution in [2.24, 2.45) is 5.92 Å². The molecule has 0 aromatic carbocycles.